The Bertz CT molecular complexity index is 680. The maximum Gasteiger partial charge on any atom is 0.478 e. The van der Waals surface area contributed by atoms with E-state index in [1.807, 2.05) is 0 Å². The molecule has 0 radical (unpaired) electrons. The fourth-order valence-electron chi connectivity index (χ4n) is 2.36. The third-order valence-electron chi connectivity index (χ3n) is 3.51. The fraction of sp³-hybridized carbons (Fsp3) is 0.429. The lowest BCUT2D eigenvalue weighted by atomic mass is 9.72. The molecule has 12 heteroatoms. The summed E-state index contributed by atoms with van der Waals surface area (Å²) >= 11 is 1.21. The highest BCUT2D eigenvalue weighted by molar-refractivity contribution is 7.13. The molecule has 1 fully saturated rings. The molecule has 0 aliphatic carbocycles. The molecule has 1 aliphatic rings. The number of hydrogen-bond acceptors (Lipinski definition) is 8. The van der Waals surface area contributed by atoms with E-state index in [4.69, 9.17) is 14.9 Å². The first kappa shape index (κ1) is 19.9. The van der Waals surface area contributed by atoms with Gasteiger partial charge in [0.05, 0.1) is 23.3 Å². The van der Waals surface area contributed by atoms with E-state index >= 15 is 0 Å². The number of oxime groups is 1. The van der Waals surface area contributed by atoms with E-state index in [0.29, 0.717) is 17.7 Å². The van der Waals surface area contributed by atoms with Crippen LogP contribution in [0.2, 0.25) is 0 Å². The molecular formula is C14H17BN2O8S. The van der Waals surface area contributed by atoms with Crippen LogP contribution in [-0.2, 0) is 23.9 Å². The number of carboxylic acid groups (broad SMARTS) is 2. The van der Waals surface area contributed by atoms with Gasteiger partial charge in [-0.05, 0) is 24.3 Å². The van der Waals surface area contributed by atoms with Crippen LogP contribution in [-0.4, -0.2) is 64.6 Å². The molecule has 4 N–H and O–H groups in total. The zero-order valence-electron chi connectivity index (χ0n) is 13.5. The van der Waals surface area contributed by atoms with Crippen LogP contribution in [0.1, 0.15) is 24.1 Å². The maximum absolute atomic E-state index is 12.5. The summed E-state index contributed by atoms with van der Waals surface area (Å²) in [6.45, 7) is -0.700. The number of thiophene rings is 1. The lowest BCUT2D eigenvalue weighted by Crippen LogP contribution is -2.54. The van der Waals surface area contributed by atoms with Gasteiger partial charge in [-0.15, -0.1) is 11.3 Å². The smallest absolute Gasteiger partial charge is 0.478 e. The van der Waals surface area contributed by atoms with Gasteiger partial charge in [-0.1, -0.05) is 11.2 Å². The molecule has 26 heavy (non-hydrogen) atoms. The summed E-state index contributed by atoms with van der Waals surface area (Å²) in [6.07, 6.45) is -0.184. The molecule has 2 heterocycles. The van der Waals surface area contributed by atoms with Crippen molar-refractivity contribution in [2.75, 3.05) is 6.61 Å². The minimum Gasteiger partial charge on any atom is -0.481 e. The first-order valence-electron chi connectivity index (χ1n) is 7.68. The monoisotopic (exact) mass is 384 g/mol. The van der Waals surface area contributed by atoms with Gasteiger partial charge in [0, 0.05) is 0 Å². The van der Waals surface area contributed by atoms with Gasteiger partial charge in [0.2, 0.25) is 6.61 Å². The first-order valence-corrected chi connectivity index (χ1v) is 8.56. The first-order chi connectivity index (χ1) is 12.4. The molecule has 0 unspecified atom stereocenters. The second kappa shape index (κ2) is 9.31. The van der Waals surface area contributed by atoms with Gasteiger partial charge in [-0.25, -0.2) is 4.79 Å². The zero-order valence-corrected chi connectivity index (χ0v) is 14.3. The van der Waals surface area contributed by atoms with Crippen LogP contribution in [0.25, 0.3) is 0 Å². The van der Waals surface area contributed by atoms with Gasteiger partial charge in [0.1, 0.15) is 0 Å². The highest BCUT2D eigenvalue weighted by atomic mass is 32.1. The van der Waals surface area contributed by atoms with E-state index in [1.54, 1.807) is 17.5 Å². The van der Waals surface area contributed by atoms with E-state index in [9.17, 15) is 19.4 Å². The summed E-state index contributed by atoms with van der Waals surface area (Å²) in [7, 11) is -1.36. The summed E-state index contributed by atoms with van der Waals surface area (Å²) in [6, 6.07) is 3.30. The van der Waals surface area contributed by atoms with Crippen molar-refractivity contribution in [3.63, 3.8) is 0 Å². The van der Waals surface area contributed by atoms with Crippen molar-refractivity contribution in [1.82, 2.24) is 5.32 Å². The van der Waals surface area contributed by atoms with Crippen molar-refractivity contribution in [3.8, 4) is 0 Å². The second-order valence-corrected chi connectivity index (χ2v) is 6.44. The van der Waals surface area contributed by atoms with E-state index in [2.05, 4.69) is 15.3 Å². The summed E-state index contributed by atoms with van der Waals surface area (Å²) in [5.41, 5.74) is -0.124. The van der Waals surface area contributed by atoms with Crippen LogP contribution in [0.5, 0.6) is 0 Å². The van der Waals surface area contributed by atoms with Crippen molar-refractivity contribution in [3.05, 3.63) is 22.4 Å². The van der Waals surface area contributed by atoms with Crippen molar-refractivity contribution in [2.24, 2.45) is 5.16 Å². The van der Waals surface area contributed by atoms with Gasteiger partial charge in [0.15, 0.2) is 5.71 Å². The van der Waals surface area contributed by atoms with Gasteiger partial charge < -0.3 is 30.0 Å². The Morgan fingerprint density at radius 2 is 2.12 bits per heavy atom. The molecule has 1 saturated heterocycles. The van der Waals surface area contributed by atoms with Crippen LogP contribution in [0, 0.1) is 0 Å². The van der Waals surface area contributed by atoms with E-state index in [1.165, 1.54) is 11.3 Å². The van der Waals surface area contributed by atoms with Gasteiger partial charge >= 0.3 is 19.1 Å². The predicted octanol–water partition coefficient (Wildman–Crippen LogP) is -0.288. The average molecular weight is 384 g/mol. The second-order valence-electron chi connectivity index (χ2n) is 5.49. The van der Waals surface area contributed by atoms with Crippen LogP contribution < -0.4 is 5.32 Å². The van der Waals surface area contributed by atoms with Crippen LogP contribution >= 0.6 is 11.3 Å². The summed E-state index contributed by atoms with van der Waals surface area (Å²) in [4.78, 5) is 38.8. The number of carbonyl (C=O) groups is 3. The Kier molecular flexibility index (Phi) is 7.12. The number of carbonyl (C=O) groups excluding carboxylic acids is 1. The predicted molar refractivity (Wildman–Crippen MR) is 90.7 cm³/mol. The number of carboxylic acids is 2. The Balaban J connectivity index is 2.00. The van der Waals surface area contributed by atoms with Gasteiger partial charge in [-0.2, -0.15) is 0 Å². The highest BCUT2D eigenvalue weighted by Crippen LogP contribution is 2.19. The summed E-state index contributed by atoms with van der Waals surface area (Å²) < 4.78 is 5.21. The topological polar surface area (TPSA) is 155 Å². The van der Waals surface area contributed by atoms with Crippen molar-refractivity contribution in [2.45, 2.75) is 31.3 Å². The largest absolute Gasteiger partial charge is 0.481 e. The lowest BCUT2D eigenvalue weighted by molar-refractivity contribution is -0.142. The lowest BCUT2D eigenvalue weighted by Gasteiger charge is -2.30. The normalized spacial score (nSPS) is 20.5. The molecule has 0 bridgehead atoms. The molecule has 10 nitrogen and oxygen atoms in total. The van der Waals surface area contributed by atoms with E-state index in [0.717, 1.165) is 0 Å². The SMILES string of the molecule is O=C(O)CO/N=C(/C(=O)N[C@H]1CC[C@@H](CC(=O)O)OB1O)c1cccs1. The third kappa shape index (κ3) is 5.83. The zero-order chi connectivity index (χ0) is 19.1. The van der Waals surface area contributed by atoms with Gasteiger partial charge in [-0.3, -0.25) is 9.59 Å². The van der Waals surface area contributed by atoms with Crippen LogP contribution in [0.3, 0.4) is 0 Å². The molecular weight excluding hydrogens is 367 g/mol. The highest BCUT2D eigenvalue weighted by Gasteiger charge is 2.37. The molecule has 0 spiro atoms. The number of nitrogens with one attached hydrogen (secondary N) is 1. The van der Waals surface area contributed by atoms with Crippen molar-refractivity contribution in [1.29, 1.82) is 0 Å². The molecule has 140 valence electrons. The summed E-state index contributed by atoms with van der Waals surface area (Å²) in [5, 5.41) is 35.2. The Morgan fingerprint density at radius 1 is 1.35 bits per heavy atom. The maximum atomic E-state index is 12.5. The standard InChI is InChI=1S/C14H17BN2O8S/c18-11(19)6-8-3-4-10(15(23)25-8)16-14(22)13(9-2-1-5-26-9)17-24-7-12(20)21/h1-2,5,8,10,23H,3-4,6-7H2,(H,16,22)(H,18,19)(H,20,21)/b17-13+/t8-,10-/m0/s1. The molecule has 0 saturated carbocycles. The molecule has 0 aromatic carbocycles. The molecule has 2 rings (SSSR count). The Hall–Kier alpha value is -2.44. The number of amides is 1. The van der Waals surface area contributed by atoms with E-state index < -0.39 is 43.6 Å². The number of rotatable bonds is 8. The minimum atomic E-state index is -1.36. The quantitative estimate of drug-likeness (QED) is 0.271. The average Bonchev–Trinajstić information content (AvgIpc) is 3.07. The number of hydrogen-bond donors (Lipinski definition) is 4. The molecule has 1 aliphatic heterocycles. The van der Waals surface area contributed by atoms with Crippen molar-refractivity contribution >= 4 is 42.0 Å². The van der Waals surface area contributed by atoms with E-state index in [-0.39, 0.29) is 12.1 Å². The molecule has 1 amide bonds. The van der Waals surface area contributed by atoms with Crippen molar-refractivity contribution < 1.29 is 39.1 Å². The number of nitrogens with zero attached hydrogens (tertiary/aromatic N) is 1. The fourth-order valence-corrected chi connectivity index (χ4v) is 3.06. The molecule has 2 atom stereocenters. The molecule has 1 aromatic rings. The Labute approximate surface area is 152 Å². The Morgan fingerprint density at radius 3 is 2.69 bits per heavy atom. The van der Waals surface area contributed by atoms with Gasteiger partial charge in [0.25, 0.3) is 5.91 Å². The third-order valence-corrected chi connectivity index (χ3v) is 4.38. The molecule has 1 aromatic heterocycles. The minimum absolute atomic E-state index is 0.124. The van der Waals surface area contributed by atoms with Crippen LogP contribution in [0.4, 0.5) is 0 Å². The van der Waals surface area contributed by atoms with Crippen LogP contribution in [0.15, 0.2) is 22.7 Å². The summed E-state index contributed by atoms with van der Waals surface area (Å²) in [5.74, 6) is -3.69. The number of aliphatic carboxylic acids is 2.